The van der Waals surface area contributed by atoms with E-state index in [0.29, 0.717) is 22.4 Å². The van der Waals surface area contributed by atoms with Crippen LogP contribution in [0.1, 0.15) is 27.7 Å². The second-order valence-corrected chi connectivity index (χ2v) is 10.2. The first-order chi connectivity index (χ1) is 8.65. The minimum absolute atomic E-state index is 0.260. The molecule has 0 amide bonds. The molecule has 1 aromatic carbocycles. The number of benzene rings is 1. The van der Waals surface area contributed by atoms with Gasteiger partial charge in [-0.2, -0.15) is 0 Å². The van der Waals surface area contributed by atoms with Crippen LogP contribution in [-0.4, -0.2) is 11.4 Å². The van der Waals surface area contributed by atoms with Crippen molar-refractivity contribution in [2.45, 2.75) is 32.4 Å². The molecule has 1 rings (SSSR count). The monoisotopic (exact) mass is 342 g/mol. The zero-order valence-corrected chi connectivity index (χ0v) is 14.5. The quantitative estimate of drug-likeness (QED) is 0.610. The third kappa shape index (κ3) is 5.97. The molecule has 0 aliphatic carbocycles. The molecule has 1 aromatic rings. The Morgan fingerprint density at radius 2 is 1.95 bits per heavy atom. The van der Waals surface area contributed by atoms with E-state index in [1.807, 2.05) is 20.8 Å². The summed E-state index contributed by atoms with van der Waals surface area (Å²) >= 11 is 13.0. The lowest BCUT2D eigenvalue weighted by atomic mass is 10.3. The van der Waals surface area contributed by atoms with Gasteiger partial charge in [0.1, 0.15) is 5.75 Å². The SMILES string of the molecule is CCOP(=O)(Oc1ccc(Cl)cc1Cl)SC(C)(C)C. The van der Waals surface area contributed by atoms with Crippen molar-refractivity contribution in [2.75, 3.05) is 6.61 Å². The standard InChI is InChI=1S/C12H17Cl2O3PS/c1-5-16-18(15,19-12(2,3)4)17-11-7-6-9(13)8-10(11)14/h6-8H,5H2,1-4H3. The highest BCUT2D eigenvalue weighted by Gasteiger charge is 2.34. The van der Waals surface area contributed by atoms with E-state index in [-0.39, 0.29) is 4.75 Å². The van der Waals surface area contributed by atoms with Gasteiger partial charge in [-0.25, -0.2) is 4.57 Å². The summed E-state index contributed by atoms with van der Waals surface area (Å²) in [6.07, 6.45) is 0. The third-order valence-electron chi connectivity index (χ3n) is 1.78. The van der Waals surface area contributed by atoms with Crippen molar-refractivity contribution in [3.8, 4) is 5.75 Å². The second kappa shape index (κ2) is 6.73. The van der Waals surface area contributed by atoms with Crippen LogP contribution in [0.25, 0.3) is 0 Å². The maximum atomic E-state index is 12.7. The van der Waals surface area contributed by atoms with Gasteiger partial charge in [0, 0.05) is 9.77 Å². The highest BCUT2D eigenvalue weighted by Crippen LogP contribution is 2.64. The summed E-state index contributed by atoms with van der Waals surface area (Å²) in [4.78, 5) is 0. The Bertz CT molecular complexity index is 488. The molecule has 7 heteroatoms. The van der Waals surface area contributed by atoms with Gasteiger partial charge in [0.2, 0.25) is 0 Å². The first kappa shape index (κ1) is 17.2. The van der Waals surface area contributed by atoms with Crippen LogP contribution in [0.4, 0.5) is 0 Å². The maximum Gasteiger partial charge on any atom is 0.440 e. The molecule has 0 aliphatic rings. The van der Waals surface area contributed by atoms with Crippen LogP contribution >= 0.6 is 41.4 Å². The summed E-state index contributed by atoms with van der Waals surface area (Å²) in [5.41, 5.74) is 0. The molecule has 0 spiro atoms. The van der Waals surface area contributed by atoms with E-state index in [2.05, 4.69) is 0 Å². The lowest BCUT2D eigenvalue weighted by Gasteiger charge is -2.25. The first-order valence-corrected chi connectivity index (χ1v) is 9.47. The summed E-state index contributed by atoms with van der Waals surface area (Å²) in [5.74, 6) is 0.305. The summed E-state index contributed by atoms with van der Waals surface area (Å²) in [5, 5.41) is 0.800. The summed E-state index contributed by atoms with van der Waals surface area (Å²) in [6, 6.07) is 4.75. The van der Waals surface area contributed by atoms with Gasteiger partial charge in [-0.3, -0.25) is 4.52 Å². The molecule has 0 saturated heterocycles. The van der Waals surface area contributed by atoms with Crippen LogP contribution in [-0.2, 0) is 9.09 Å². The zero-order chi connectivity index (χ0) is 14.7. The molecule has 3 nitrogen and oxygen atoms in total. The highest BCUT2D eigenvalue weighted by atomic mass is 35.5. The van der Waals surface area contributed by atoms with Crippen molar-refractivity contribution < 1.29 is 13.6 Å². The number of rotatable bonds is 5. The second-order valence-electron chi connectivity index (χ2n) is 4.73. The van der Waals surface area contributed by atoms with Crippen LogP contribution in [0.3, 0.4) is 0 Å². The predicted octanol–water partition coefficient (Wildman–Crippen LogP) is 6.05. The van der Waals surface area contributed by atoms with E-state index in [9.17, 15) is 4.57 Å². The van der Waals surface area contributed by atoms with Gasteiger partial charge >= 0.3 is 6.80 Å². The Balaban J connectivity index is 2.98. The molecular weight excluding hydrogens is 326 g/mol. The largest absolute Gasteiger partial charge is 0.440 e. The summed E-state index contributed by atoms with van der Waals surface area (Å²) in [6.45, 7) is 4.57. The van der Waals surface area contributed by atoms with E-state index in [1.165, 1.54) is 6.07 Å². The van der Waals surface area contributed by atoms with Crippen molar-refractivity contribution in [2.24, 2.45) is 0 Å². The molecule has 0 saturated carbocycles. The lowest BCUT2D eigenvalue weighted by molar-refractivity contribution is 0.296. The fraction of sp³-hybridized carbons (Fsp3) is 0.500. The topological polar surface area (TPSA) is 35.5 Å². The zero-order valence-electron chi connectivity index (χ0n) is 11.3. The molecule has 0 bridgehead atoms. The smallest absolute Gasteiger partial charge is 0.415 e. The van der Waals surface area contributed by atoms with E-state index < -0.39 is 6.80 Å². The van der Waals surface area contributed by atoms with Crippen LogP contribution in [0, 0.1) is 0 Å². The molecule has 0 heterocycles. The molecule has 0 radical (unpaired) electrons. The Labute approximate surface area is 128 Å². The van der Waals surface area contributed by atoms with Crippen LogP contribution in [0.5, 0.6) is 5.75 Å². The predicted molar refractivity (Wildman–Crippen MR) is 83.7 cm³/mol. The van der Waals surface area contributed by atoms with Gasteiger partial charge < -0.3 is 4.52 Å². The van der Waals surface area contributed by atoms with Crippen molar-refractivity contribution in [1.29, 1.82) is 0 Å². The van der Waals surface area contributed by atoms with Gasteiger partial charge in [0.15, 0.2) is 0 Å². The lowest BCUT2D eigenvalue weighted by Crippen LogP contribution is -2.09. The molecular formula is C12H17Cl2O3PS. The third-order valence-corrected chi connectivity index (χ3v) is 6.93. The Hall–Kier alpha value is 0.140. The molecule has 1 unspecified atom stereocenters. The summed E-state index contributed by atoms with van der Waals surface area (Å²) < 4.78 is 23.2. The van der Waals surface area contributed by atoms with Crippen LogP contribution in [0.2, 0.25) is 10.0 Å². The Morgan fingerprint density at radius 3 is 2.42 bits per heavy atom. The van der Waals surface area contributed by atoms with E-state index in [1.54, 1.807) is 19.1 Å². The summed E-state index contributed by atoms with van der Waals surface area (Å²) in [7, 11) is 0. The van der Waals surface area contributed by atoms with Gasteiger partial charge in [-0.05, 0) is 36.5 Å². The molecule has 108 valence electrons. The molecule has 1 atom stereocenters. The van der Waals surface area contributed by atoms with Gasteiger partial charge in [-0.1, -0.05) is 44.0 Å². The average Bonchev–Trinajstić information content (AvgIpc) is 2.19. The molecule has 0 aromatic heterocycles. The molecule has 0 N–H and O–H groups in total. The number of hydrogen-bond donors (Lipinski definition) is 0. The first-order valence-electron chi connectivity index (χ1n) is 5.75. The molecule has 0 fully saturated rings. The minimum Gasteiger partial charge on any atom is -0.415 e. The maximum absolute atomic E-state index is 12.7. The van der Waals surface area contributed by atoms with E-state index in [0.717, 1.165) is 11.4 Å². The fourth-order valence-electron chi connectivity index (χ4n) is 1.23. The average molecular weight is 343 g/mol. The van der Waals surface area contributed by atoms with Gasteiger partial charge in [-0.15, -0.1) is 0 Å². The number of hydrogen-bond acceptors (Lipinski definition) is 4. The molecule has 0 aliphatic heterocycles. The Morgan fingerprint density at radius 1 is 1.32 bits per heavy atom. The van der Waals surface area contributed by atoms with Crippen molar-refractivity contribution in [3.63, 3.8) is 0 Å². The van der Waals surface area contributed by atoms with Gasteiger partial charge in [0.25, 0.3) is 0 Å². The fourth-order valence-corrected chi connectivity index (χ4v) is 6.10. The molecule has 19 heavy (non-hydrogen) atoms. The normalized spacial score (nSPS) is 15.1. The van der Waals surface area contributed by atoms with E-state index in [4.69, 9.17) is 32.2 Å². The van der Waals surface area contributed by atoms with E-state index >= 15 is 0 Å². The van der Waals surface area contributed by atoms with Crippen molar-refractivity contribution in [3.05, 3.63) is 28.2 Å². The number of halogens is 2. The van der Waals surface area contributed by atoms with Crippen molar-refractivity contribution in [1.82, 2.24) is 0 Å². The van der Waals surface area contributed by atoms with Gasteiger partial charge in [0.05, 0.1) is 11.6 Å². The van der Waals surface area contributed by atoms with Crippen LogP contribution < -0.4 is 4.52 Å². The highest BCUT2D eigenvalue weighted by molar-refractivity contribution is 8.55. The van der Waals surface area contributed by atoms with Crippen molar-refractivity contribution >= 4 is 41.4 Å². The minimum atomic E-state index is -3.32. The Kier molecular flexibility index (Phi) is 6.09. The van der Waals surface area contributed by atoms with Crippen LogP contribution in [0.15, 0.2) is 18.2 Å².